The van der Waals surface area contributed by atoms with E-state index in [1.54, 1.807) is 0 Å². The van der Waals surface area contributed by atoms with Crippen LogP contribution in [0.2, 0.25) is 0 Å². The van der Waals surface area contributed by atoms with Crippen LogP contribution in [0.15, 0.2) is 24.3 Å². The lowest BCUT2D eigenvalue weighted by molar-refractivity contribution is -0.131. The van der Waals surface area contributed by atoms with Crippen molar-refractivity contribution in [3.63, 3.8) is 0 Å². The van der Waals surface area contributed by atoms with Gasteiger partial charge >= 0.3 is 0 Å². The van der Waals surface area contributed by atoms with Gasteiger partial charge in [-0.05, 0) is 29.4 Å². The summed E-state index contributed by atoms with van der Waals surface area (Å²) in [4.78, 5) is 14.6. The number of amides is 1. The first-order valence-corrected chi connectivity index (χ1v) is 8.01. The fourth-order valence-electron chi connectivity index (χ4n) is 2.86. The molecule has 3 nitrogen and oxygen atoms in total. The summed E-state index contributed by atoms with van der Waals surface area (Å²) in [5.41, 5.74) is 2.61. The molecule has 0 aromatic heterocycles. The number of carbonyl (C=O) groups excluding carboxylic acids is 1. The van der Waals surface area contributed by atoms with Gasteiger partial charge in [0, 0.05) is 6.54 Å². The van der Waals surface area contributed by atoms with Crippen molar-refractivity contribution in [2.75, 3.05) is 6.54 Å². The van der Waals surface area contributed by atoms with Gasteiger partial charge in [0.1, 0.15) is 6.17 Å². The van der Waals surface area contributed by atoms with E-state index in [0.717, 1.165) is 19.4 Å². The Morgan fingerprint density at radius 3 is 2.24 bits per heavy atom. The first-order chi connectivity index (χ1) is 9.85. The summed E-state index contributed by atoms with van der Waals surface area (Å²) in [6.45, 7) is 11.5. The number of benzene rings is 1. The predicted octanol–water partition coefficient (Wildman–Crippen LogP) is 3.50. The van der Waals surface area contributed by atoms with Gasteiger partial charge in [0.05, 0.1) is 6.04 Å². The molecular weight excluding hydrogens is 260 g/mol. The van der Waals surface area contributed by atoms with E-state index in [-0.39, 0.29) is 23.5 Å². The van der Waals surface area contributed by atoms with Gasteiger partial charge in [-0.2, -0.15) is 0 Å². The minimum Gasteiger partial charge on any atom is -0.321 e. The van der Waals surface area contributed by atoms with Crippen molar-refractivity contribution in [2.45, 2.75) is 59.7 Å². The SMILES string of the molecule is CCc1ccc(C2NC(CC)C(=O)N2CC(C)(C)C)cc1. The molecule has 3 heteroatoms. The zero-order valence-electron chi connectivity index (χ0n) is 13.9. The van der Waals surface area contributed by atoms with Crippen LogP contribution in [0.4, 0.5) is 0 Å². The molecule has 0 radical (unpaired) electrons. The Labute approximate surface area is 128 Å². The van der Waals surface area contributed by atoms with Crippen LogP contribution in [0.25, 0.3) is 0 Å². The second kappa shape index (κ2) is 6.18. The number of nitrogens with one attached hydrogen (secondary N) is 1. The van der Waals surface area contributed by atoms with Crippen LogP contribution in [0, 0.1) is 5.41 Å². The summed E-state index contributed by atoms with van der Waals surface area (Å²) >= 11 is 0. The average Bonchev–Trinajstić information content (AvgIpc) is 2.74. The number of hydrogen-bond acceptors (Lipinski definition) is 2. The van der Waals surface area contributed by atoms with Crippen LogP contribution in [0.3, 0.4) is 0 Å². The predicted molar refractivity (Wildman–Crippen MR) is 86.9 cm³/mol. The van der Waals surface area contributed by atoms with Crippen LogP contribution >= 0.6 is 0 Å². The van der Waals surface area contributed by atoms with E-state index in [4.69, 9.17) is 0 Å². The average molecular weight is 288 g/mol. The molecule has 1 aliphatic heterocycles. The van der Waals surface area contributed by atoms with Crippen molar-refractivity contribution in [1.29, 1.82) is 0 Å². The number of aryl methyl sites for hydroxylation is 1. The lowest BCUT2D eigenvalue weighted by Crippen LogP contribution is -2.37. The van der Waals surface area contributed by atoms with Gasteiger partial charge in [-0.1, -0.05) is 58.9 Å². The largest absolute Gasteiger partial charge is 0.321 e. The first kappa shape index (κ1) is 16.0. The lowest BCUT2D eigenvalue weighted by atomic mass is 9.95. The van der Waals surface area contributed by atoms with Gasteiger partial charge in [-0.15, -0.1) is 0 Å². The Kier molecular flexibility index (Phi) is 4.72. The molecule has 21 heavy (non-hydrogen) atoms. The van der Waals surface area contributed by atoms with Gasteiger partial charge in [0.25, 0.3) is 0 Å². The van der Waals surface area contributed by atoms with Crippen molar-refractivity contribution in [3.8, 4) is 0 Å². The van der Waals surface area contributed by atoms with Crippen molar-refractivity contribution in [1.82, 2.24) is 10.2 Å². The quantitative estimate of drug-likeness (QED) is 0.919. The van der Waals surface area contributed by atoms with Gasteiger partial charge in [0.15, 0.2) is 0 Å². The highest BCUT2D eigenvalue weighted by Gasteiger charge is 2.39. The molecule has 0 bridgehead atoms. The summed E-state index contributed by atoms with van der Waals surface area (Å²) in [6.07, 6.45) is 1.89. The third-order valence-corrected chi connectivity index (χ3v) is 4.01. The summed E-state index contributed by atoms with van der Waals surface area (Å²) in [7, 11) is 0. The van der Waals surface area contributed by atoms with Crippen LogP contribution < -0.4 is 5.32 Å². The van der Waals surface area contributed by atoms with Crippen LogP contribution in [-0.4, -0.2) is 23.4 Å². The Hall–Kier alpha value is -1.35. The van der Waals surface area contributed by atoms with E-state index in [1.807, 2.05) is 4.90 Å². The van der Waals surface area contributed by atoms with E-state index >= 15 is 0 Å². The fraction of sp³-hybridized carbons (Fsp3) is 0.611. The first-order valence-electron chi connectivity index (χ1n) is 8.01. The van der Waals surface area contributed by atoms with Crippen molar-refractivity contribution >= 4 is 5.91 Å². The monoisotopic (exact) mass is 288 g/mol. The highest BCUT2D eigenvalue weighted by atomic mass is 16.2. The molecule has 1 aliphatic rings. The summed E-state index contributed by atoms with van der Waals surface area (Å²) in [5, 5.41) is 3.49. The molecule has 1 N–H and O–H groups in total. The Balaban J connectivity index is 2.27. The smallest absolute Gasteiger partial charge is 0.241 e. The number of nitrogens with zero attached hydrogens (tertiary/aromatic N) is 1. The maximum atomic E-state index is 12.6. The summed E-state index contributed by atoms with van der Waals surface area (Å²) in [5.74, 6) is 0.233. The van der Waals surface area contributed by atoms with E-state index < -0.39 is 0 Å². The molecular formula is C18H28N2O. The van der Waals surface area contributed by atoms with Gasteiger partial charge in [0.2, 0.25) is 5.91 Å². The van der Waals surface area contributed by atoms with Crippen molar-refractivity contribution in [2.24, 2.45) is 5.41 Å². The Bertz CT molecular complexity index is 487. The Morgan fingerprint density at radius 2 is 1.76 bits per heavy atom. The standard InChI is InChI=1S/C18H28N2O/c1-6-13-8-10-14(11-9-13)16-19-15(7-2)17(21)20(16)12-18(3,4)5/h8-11,15-16,19H,6-7,12H2,1-5H3. The van der Waals surface area contributed by atoms with Crippen molar-refractivity contribution < 1.29 is 4.79 Å². The molecule has 2 atom stereocenters. The molecule has 2 unspecified atom stereocenters. The number of carbonyl (C=O) groups is 1. The van der Waals surface area contributed by atoms with Crippen molar-refractivity contribution in [3.05, 3.63) is 35.4 Å². The second-order valence-electron chi connectivity index (χ2n) is 7.15. The molecule has 1 aromatic rings. The summed E-state index contributed by atoms with van der Waals surface area (Å²) in [6, 6.07) is 8.57. The molecule has 1 amide bonds. The maximum Gasteiger partial charge on any atom is 0.241 e. The summed E-state index contributed by atoms with van der Waals surface area (Å²) < 4.78 is 0. The van der Waals surface area contributed by atoms with Crippen LogP contribution in [0.5, 0.6) is 0 Å². The Morgan fingerprint density at radius 1 is 1.14 bits per heavy atom. The minimum atomic E-state index is -0.0526. The topological polar surface area (TPSA) is 32.3 Å². The van der Waals surface area contributed by atoms with Crippen LogP contribution in [0.1, 0.15) is 58.3 Å². The number of hydrogen-bond donors (Lipinski definition) is 1. The second-order valence-corrected chi connectivity index (χ2v) is 7.15. The third-order valence-electron chi connectivity index (χ3n) is 4.01. The molecule has 2 rings (SSSR count). The maximum absolute atomic E-state index is 12.6. The third kappa shape index (κ3) is 3.65. The van der Waals surface area contributed by atoms with E-state index in [2.05, 4.69) is 64.2 Å². The molecule has 1 saturated heterocycles. The van der Waals surface area contributed by atoms with E-state index in [1.165, 1.54) is 11.1 Å². The molecule has 116 valence electrons. The molecule has 1 fully saturated rings. The molecule has 1 heterocycles. The highest BCUT2D eigenvalue weighted by molar-refractivity contribution is 5.84. The zero-order chi connectivity index (χ0) is 15.6. The van der Waals surface area contributed by atoms with Gasteiger partial charge in [-0.25, -0.2) is 0 Å². The fourth-order valence-corrected chi connectivity index (χ4v) is 2.86. The van der Waals surface area contributed by atoms with Crippen LogP contribution in [-0.2, 0) is 11.2 Å². The van der Waals surface area contributed by atoms with E-state index in [9.17, 15) is 4.79 Å². The van der Waals surface area contributed by atoms with Gasteiger partial charge < -0.3 is 4.90 Å². The lowest BCUT2D eigenvalue weighted by Gasteiger charge is -2.31. The molecule has 0 saturated carbocycles. The van der Waals surface area contributed by atoms with Gasteiger partial charge in [-0.3, -0.25) is 10.1 Å². The normalized spacial score (nSPS) is 22.9. The van der Waals surface area contributed by atoms with E-state index in [0.29, 0.717) is 0 Å². The highest BCUT2D eigenvalue weighted by Crippen LogP contribution is 2.30. The zero-order valence-corrected chi connectivity index (χ0v) is 13.9. The number of rotatable bonds is 4. The minimum absolute atomic E-state index is 0.00702. The molecule has 0 aliphatic carbocycles. The molecule has 1 aromatic carbocycles. The molecule has 0 spiro atoms.